The van der Waals surface area contributed by atoms with Crippen LogP contribution < -0.4 is 10.6 Å². The topological polar surface area (TPSA) is 64.8 Å². The van der Waals surface area contributed by atoms with Crippen molar-refractivity contribution in [3.05, 3.63) is 239 Å². The second kappa shape index (κ2) is 14.0. The molecule has 0 aromatic heterocycles. The van der Waals surface area contributed by atoms with Gasteiger partial charge in [0.2, 0.25) is 5.84 Å². The van der Waals surface area contributed by atoms with Crippen LogP contribution in [0.2, 0.25) is 0 Å². The first-order valence-electron chi connectivity index (χ1n) is 19.7. The van der Waals surface area contributed by atoms with Crippen LogP contribution in [0.5, 0.6) is 0 Å². The van der Waals surface area contributed by atoms with E-state index in [4.69, 9.17) is 4.99 Å². The highest BCUT2D eigenvalue weighted by Gasteiger charge is 2.50. The maximum absolute atomic E-state index is 10.1. The lowest BCUT2D eigenvalue weighted by atomic mass is 9.67. The second-order valence-corrected chi connectivity index (χ2v) is 16.3. The van der Waals surface area contributed by atoms with E-state index in [0.29, 0.717) is 5.56 Å². The zero-order valence-corrected chi connectivity index (χ0v) is 32.3. The van der Waals surface area contributed by atoms with Gasteiger partial charge in [0.25, 0.3) is 0 Å². The van der Waals surface area contributed by atoms with Gasteiger partial charge in [0.05, 0.1) is 22.6 Å². The largest absolute Gasteiger partial charge is 0.278 e. The van der Waals surface area contributed by atoms with Gasteiger partial charge in [0.15, 0.2) is 6.17 Å². The molecule has 0 radical (unpaired) electrons. The Morgan fingerprint density at radius 2 is 1.07 bits per heavy atom. The summed E-state index contributed by atoms with van der Waals surface area (Å²) in [4.78, 5) is 7.82. The predicted octanol–water partition coefficient (Wildman–Crippen LogP) is 11.0. The average Bonchev–Trinajstić information content (AvgIpc) is 3.58. The van der Waals surface area contributed by atoms with E-state index in [0.717, 1.165) is 33.7 Å². The van der Waals surface area contributed by atoms with E-state index in [1.54, 1.807) is 0 Å². The average molecular weight is 762 g/mol. The third kappa shape index (κ3) is 5.57. The number of nitrogens with zero attached hydrogens (tertiary/aromatic N) is 2. The van der Waals surface area contributed by atoms with Crippen molar-refractivity contribution in [2.24, 2.45) is 4.99 Å². The lowest BCUT2D eigenvalue weighted by Gasteiger charge is -2.39. The van der Waals surface area contributed by atoms with Crippen LogP contribution >= 0.6 is 11.8 Å². The fourth-order valence-electron chi connectivity index (χ4n) is 9.32. The molecule has 1 spiro atoms. The highest BCUT2D eigenvalue weighted by Crippen LogP contribution is 2.62. The van der Waals surface area contributed by atoms with Gasteiger partial charge in [0, 0.05) is 15.4 Å². The molecule has 8 aromatic rings. The van der Waals surface area contributed by atoms with Crippen molar-refractivity contribution < 1.29 is 5.32 Å². The quantitative estimate of drug-likeness (QED) is 0.184. The molecule has 11 rings (SSSR count). The number of hydrogen-bond acceptors (Lipinski definition) is 4. The highest BCUT2D eigenvalue weighted by molar-refractivity contribution is 7.99. The van der Waals surface area contributed by atoms with Gasteiger partial charge in [-0.05, 0) is 110 Å². The van der Waals surface area contributed by atoms with Gasteiger partial charge in [-0.15, -0.1) is 0 Å². The number of aliphatic imine (C=N–C) groups is 1. The molecule has 0 saturated heterocycles. The smallest absolute Gasteiger partial charge is 0.230 e. The van der Waals surface area contributed by atoms with Crippen molar-refractivity contribution >= 4 is 17.6 Å². The zero-order valence-electron chi connectivity index (χ0n) is 31.5. The molecule has 3 aliphatic rings. The third-order valence-electron chi connectivity index (χ3n) is 12.0. The van der Waals surface area contributed by atoms with Crippen molar-refractivity contribution in [2.75, 3.05) is 0 Å². The van der Waals surface area contributed by atoms with Crippen molar-refractivity contribution in [2.45, 2.75) is 27.5 Å². The number of nitrogens with two attached hydrogens (primary N) is 1. The molecular weight excluding hydrogens is 725 g/mol. The summed E-state index contributed by atoms with van der Waals surface area (Å²) in [6.07, 6.45) is -0.293. The minimum absolute atomic E-state index is 0.0811. The van der Waals surface area contributed by atoms with E-state index in [2.05, 4.69) is 205 Å². The number of rotatable bonds is 5. The molecule has 2 unspecified atom stereocenters. The van der Waals surface area contributed by atoms with E-state index >= 15 is 0 Å². The van der Waals surface area contributed by atoms with Crippen LogP contribution in [0.15, 0.2) is 209 Å². The molecule has 8 aromatic carbocycles. The third-order valence-corrected chi connectivity index (χ3v) is 13.1. The molecule has 0 bridgehead atoms. The number of nitrogens with one attached hydrogen (secondary N) is 1. The van der Waals surface area contributed by atoms with Crippen molar-refractivity contribution in [1.82, 2.24) is 5.32 Å². The summed E-state index contributed by atoms with van der Waals surface area (Å²) >= 11 is 1.84. The van der Waals surface area contributed by atoms with Crippen molar-refractivity contribution in [1.29, 1.82) is 5.26 Å². The van der Waals surface area contributed by atoms with E-state index in [9.17, 15) is 5.26 Å². The molecule has 3 N–H and O–H groups in total. The van der Waals surface area contributed by atoms with E-state index in [1.807, 2.05) is 17.8 Å². The lowest BCUT2D eigenvalue weighted by Crippen LogP contribution is -2.93. The van der Waals surface area contributed by atoms with Crippen LogP contribution in [0.3, 0.4) is 0 Å². The molecule has 4 nitrogen and oxygen atoms in total. The fourth-order valence-corrected chi connectivity index (χ4v) is 10.5. The summed E-state index contributed by atoms with van der Waals surface area (Å²) in [6, 6.07) is 72.0. The standard InChI is InChI=1S/C53H36N4S/c54-33-34-25-27-44-42(29-34)43-32-39(26-28-45(43)53(44)46-21-7-9-23-48(46)58-49-24-10-8-22-47(49)53)38-18-12-20-41(31-38)52-56-50(36-15-5-2-6-16-36)55-51(57-52)40-19-11-17-37(30-40)35-13-3-1-4-14-35/h1-32,50,52,56H,(H,55,57)/p+1. The van der Waals surface area contributed by atoms with Gasteiger partial charge in [-0.1, -0.05) is 157 Å². The van der Waals surface area contributed by atoms with Crippen molar-refractivity contribution in [3.8, 4) is 39.4 Å². The summed E-state index contributed by atoms with van der Waals surface area (Å²) in [5.41, 5.74) is 15.5. The Hall–Kier alpha value is -6.81. The molecule has 2 heterocycles. The Morgan fingerprint density at radius 1 is 0.500 bits per heavy atom. The highest BCUT2D eigenvalue weighted by atomic mass is 32.2. The summed E-state index contributed by atoms with van der Waals surface area (Å²) in [5, 5.41) is 16.2. The first-order valence-corrected chi connectivity index (χ1v) is 20.6. The van der Waals surface area contributed by atoms with E-state index < -0.39 is 5.41 Å². The number of benzene rings is 8. The molecule has 0 amide bonds. The molecule has 0 saturated carbocycles. The van der Waals surface area contributed by atoms with Gasteiger partial charge in [0.1, 0.15) is 6.17 Å². The number of nitriles is 1. The van der Waals surface area contributed by atoms with Gasteiger partial charge in [-0.3, -0.25) is 5.32 Å². The summed E-state index contributed by atoms with van der Waals surface area (Å²) < 4.78 is 0. The summed E-state index contributed by atoms with van der Waals surface area (Å²) in [6.45, 7) is 0. The maximum atomic E-state index is 10.1. The SMILES string of the molecule is N#Cc1ccc2c(c1)-c1cc(-c3cccc(C4NC(c5ccccc5)N=C(c5cccc(-c6ccccc6)c5)[NH2+]4)c3)ccc1C21c2ccccc2Sc2ccccc21. The number of amidine groups is 1. The molecule has 5 heteroatoms. The minimum Gasteiger partial charge on any atom is -0.278 e. The molecule has 58 heavy (non-hydrogen) atoms. The van der Waals surface area contributed by atoms with Gasteiger partial charge in [-0.25, -0.2) is 10.3 Å². The Labute approximate surface area is 342 Å². The first-order chi connectivity index (χ1) is 28.7. The second-order valence-electron chi connectivity index (χ2n) is 15.2. The van der Waals surface area contributed by atoms with Gasteiger partial charge >= 0.3 is 0 Å². The lowest BCUT2D eigenvalue weighted by molar-refractivity contribution is -0.600. The van der Waals surface area contributed by atoms with E-state index in [-0.39, 0.29) is 12.3 Å². The monoisotopic (exact) mass is 761 g/mol. The Bertz CT molecular complexity index is 2920. The van der Waals surface area contributed by atoms with Crippen LogP contribution in [0, 0.1) is 11.3 Å². The number of quaternary nitrogens is 1. The van der Waals surface area contributed by atoms with Gasteiger partial charge in [-0.2, -0.15) is 5.26 Å². The molecule has 274 valence electrons. The number of fused-ring (bicyclic) bond motifs is 9. The predicted molar refractivity (Wildman–Crippen MR) is 233 cm³/mol. The first kappa shape index (κ1) is 34.4. The molecular formula is C53H37N4S+. The van der Waals surface area contributed by atoms with Crippen LogP contribution in [0.4, 0.5) is 0 Å². The van der Waals surface area contributed by atoms with E-state index in [1.165, 1.54) is 54.3 Å². The molecule has 1 aliphatic carbocycles. The van der Waals surface area contributed by atoms with Gasteiger partial charge < -0.3 is 0 Å². The Kier molecular flexibility index (Phi) is 8.30. The minimum atomic E-state index is -0.488. The molecule has 2 aliphatic heterocycles. The fraction of sp³-hybridized carbons (Fsp3) is 0.0566. The molecule has 0 fully saturated rings. The normalized spacial score (nSPS) is 17.0. The van der Waals surface area contributed by atoms with Crippen LogP contribution in [-0.2, 0) is 5.41 Å². The van der Waals surface area contributed by atoms with Crippen LogP contribution in [0.25, 0.3) is 33.4 Å². The summed E-state index contributed by atoms with van der Waals surface area (Å²) in [5.74, 6) is 0.972. The Balaban J connectivity index is 1.01. The van der Waals surface area contributed by atoms with Crippen LogP contribution in [-0.4, -0.2) is 5.84 Å². The molecule has 2 atom stereocenters. The zero-order chi connectivity index (χ0) is 38.6. The number of hydrogen-bond donors (Lipinski definition) is 2. The van der Waals surface area contributed by atoms with Crippen LogP contribution in [0.1, 0.15) is 56.8 Å². The van der Waals surface area contributed by atoms with Crippen molar-refractivity contribution in [3.63, 3.8) is 0 Å². The maximum Gasteiger partial charge on any atom is 0.230 e. The summed E-state index contributed by atoms with van der Waals surface area (Å²) in [7, 11) is 0. The Morgan fingerprint density at radius 3 is 1.81 bits per heavy atom.